The summed E-state index contributed by atoms with van der Waals surface area (Å²) < 4.78 is 0. The van der Waals surface area contributed by atoms with Crippen LogP contribution in [0.15, 0.2) is 0 Å². The molecule has 1 heterocycles. The summed E-state index contributed by atoms with van der Waals surface area (Å²) in [7, 11) is 0. The number of aliphatic hydroxyl groups is 3. The van der Waals surface area contributed by atoms with E-state index in [-0.39, 0.29) is 19.1 Å². The largest absolute Gasteiger partial charge is 0.394 e. The Balaban J connectivity index is 0.000000226. The summed E-state index contributed by atoms with van der Waals surface area (Å²) in [6, 6.07) is 0. The van der Waals surface area contributed by atoms with Crippen LogP contribution in [0.3, 0.4) is 0 Å². The Morgan fingerprint density at radius 2 is 1.92 bits per heavy atom. The zero-order valence-electron chi connectivity index (χ0n) is 7.57. The predicted octanol–water partition coefficient (Wildman–Crippen LogP) is -1.38. The third kappa shape index (κ3) is 7.70. The second-order valence-electron chi connectivity index (χ2n) is 2.83. The summed E-state index contributed by atoms with van der Waals surface area (Å²) in [6.07, 6.45) is 2.02. The van der Waals surface area contributed by atoms with Gasteiger partial charge >= 0.3 is 0 Å². The van der Waals surface area contributed by atoms with Crippen LogP contribution in [0.2, 0.25) is 0 Å². The van der Waals surface area contributed by atoms with E-state index in [4.69, 9.17) is 15.3 Å². The van der Waals surface area contributed by atoms with E-state index in [0.29, 0.717) is 0 Å². The van der Waals surface area contributed by atoms with Crippen molar-refractivity contribution in [1.82, 2.24) is 5.32 Å². The molecule has 5 heteroatoms. The molecule has 1 aliphatic heterocycles. The van der Waals surface area contributed by atoms with Gasteiger partial charge in [-0.05, 0) is 12.8 Å². The van der Waals surface area contributed by atoms with Crippen molar-refractivity contribution in [2.75, 3.05) is 19.8 Å². The quantitative estimate of drug-likeness (QED) is 0.433. The molecule has 0 aromatic rings. The molecule has 0 unspecified atom stereocenters. The fourth-order valence-electron chi connectivity index (χ4n) is 0.784. The molecule has 1 fully saturated rings. The van der Waals surface area contributed by atoms with Gasteiger partial charge in [-0.1, -0.05) is 0 Å². The third-order valence-corrected chi connectivity index (χ3v) is 1.57. The molecule has 1 rings (SSSR count). The van der Waals surface area contributed by atoms with Crippen LogP contribution in [0.1, 0.15) is 19.3 Å². The zero-order valence-corrected chi connectivity index (χ0v) is 7.57. The lowest BCUT2D eigenvalue weighted by Crippen LogP contribution is -2.28. The van der Waals surface area contributed by atoms with Crippen molar-refractivity contribution in [3.63, 3.8) is 0 Å². The summed E-state index contributed by atoms with van der Waals surface area (Å²) in [5, 5.41) is 26.8. The molecule has 0 saturated carbocycles. The van der Waals surface area contributed by atoms with Gasteiger partial charge in [0.05, 0.1) is 13.2 Å². The molecule has 1 aliphatic rings. The van der Waals surface area contributed by atoms with Crippen molar-refractivity contribution < 1.29 is 20.1 Å². The van der Waals surface area contributed by atoms with Gasteiger partial charge in [0.25, 0.3) is 0 Å². The molecule has 0 bridgehead atoms. The van der Waals surface area contributed by atoms with Gasteiger partial charge in [-0.25, -0.2) is 0 Å². The minimum absolute atomic E-state index is 0.214. The minimum Gasteiger partial charge on any atom is -0.394 e. The minimum atomic E-state index is -0.954. The van der Waals surface area contributed by atoms with E-state index < -0.39 is 6.10 Å². The van der Waals surface area contributed by atoms with E-state index in [1.807, 2.05) is 0 Å². The number of hydrogen-bond donors (Lipinski definition) is 4. The van der Waals surface area contributed by atoms with Crippen LogP contribution in [0.4, 0.5) is 0 Å². The van der Waals surface area contributed by atoms with Gasteiger partial charge in [-0.15, -0.1) is 0 Å². The number of piperidine rings is 1. The highest BCUT2D eigenvalue weighted by molar-refractivity contribution is 5.76. The van der Waals surface area contributed by atoms with Gasteiger partial charge in [0.1, 0.15) is 6.10 Å². The van der Waals surface area contributed by atoms with Crippen LogP contribution >= 0.6 is 0 Å². The Morgan fingerprint density at radius 3 is 2.08 bits per heavy atom. The van der Waals surface area contributed by atoms with Crippen LogP contribution in [0.25, 0.3) is 0 Å². The second kappa shape index (κ2) is 7.97. The smallest absolute Gasteiger partial charge is 0.219 e. The van der Waals surface area contributed by atoms with Crippen LogP contribution in [0.5, 0.6) is 0 Å². The maximum absolute atomic E-state index is 10.4. The molecular formula is C8H17NO4. The van der Waals surface area contributed by atoms with Gasteiger partial charge in [-0.2, -0.15) is 0 Å². The normalized spacial score (nSPS) is 16.2. The molecule has 4 N–H and O–H groups in total. The summed E-state index contributed by atoms with van der Waals surface area (Å²) in [6.45, 7) is 0.159. The fourth-order valence-corrected chi connectivity index (χ4v) is 0.784. The Labute approximate surface area is 77.4 Å². The topological polar surface area (TPSA) is 89.8 Å². The Bertz CT molecular complexity index is 128. The molecule has 0 aromatic carbocycles. The number of hydrogen-bond acceptors (Lipinski definition) is 4. The number of rotatable bonds is 2. The van der Waals surface area contributed by atoms with Crippen molar-refractivity contribution in [2.24, 2.45) is 0 Å². The highest BCUT2D eigenvalue weighted by Crippen LogP contribution is 1.98. The monoisotopic (exact) mass is 191 g/mol. The van der Waals surface area contributed by atoms with Crippen molar-refractivity contribution in [1.29, 1.82) is 0 Å². The molecular weight excluding hydrogens is 174 g/mol. The molecule has 13 heavy (non-hydrogen) atoms. The lowest BCUT2D eigenvalue weighted by atomic mass is 10.2. The van der Waals surface area contributed by atoms with E-state index in [1.165, 1.54) is 0 Å². The Kier molecular flexibility index (Phi) is 7.57. The van der Waals surface area contributed by atoms with Gasteiger partial charge in [0.15, 0.2) is 0 Å². The zero-order chi connectivity index (χ0) is 10.1. The number of amides is 1. The Morgan fingerprint density at radius 1 is 1.31 bits per heavy atom. The predicted molar refractivity (Wildman–Crippen MR) is 47.0 cm³/mol. The van der Waals surface area contributed by atoms with Crippen LogP contribution in [0, 0.1) is 0 Å². The van der Waals surface area contributed by atoms with Crippen molar-refractivity contribution in [3.8, 4) is 0 Å². The second-order valence-corrected chi connectivity index (χ2v) is 2.83. The number of carbonyl (C=O) groups is 1. The summed E-state index contributed by atoms with van der Waals surface area (Å²) in [5.74, 6) is 0.214. The SMILES string of the molecule is O=C1CCCCN1.OCC(O)CO. The number of aliphatic hydroxyl groups excluding tert-OH is 3. The highest BCUT2D eigenvalue weighted by Gasteiger charge is 2.04. The van der Waals surface area contributed by atoms with E-state index >= 15 is 0 Å². The van der Waals surface area contributed by atoms with E-state index in [9.17, 15) is 4.79 Å². The molecule has 78 valence electrons. The van der Waals surface area contributed by atoms with Gasteiger partial charge in [-0.3, -0.25) is 4.79 Å². The highest BCUT2D eigenvalue weighted by atomic mass is 16.3. The van der Waals surface area contributed by atoms with Gasteiger partial charge < -0.3 is 20.6 Å². The molecule has 5 nitrogen and oxygen atoms in total. The van der Waals surface area contributed by atoms with Crippen molar-refractivity contribution in [2.45, 2.75) is 25.4 Å². The molecule has 1 saturated heterocycles. The molecule has 0 aliphatic carbocycles. The summed E-state index contributed by atoms with van der Waals surface area (Å²) in [5.41, 5.74) is 0. The number of carbonyl (C=O) groups excluding carboxylic acids is 1. The van der Waals surface area contributed by atoms with Crippen LogP contribution in [-0.2, 0) is 4.79 Å². The van der Waals surface area contributed by atoms with Crippen molar-refractivity contribution in [3.05, 3.63) is 0 Å². The Hall–Kier alpha value is -0.650. The average molecular weight is 191 g/mol. The van der Waals surface area contributed by atoms with E-state index in [1.54, 1.807) is 0 Å². The van der Waals surface area contributed by atoms with E-state index in [0.717, 1.165) is 25.8 Å². The summed E-state index contributed by atoms with van der Waals surface area (Å²) in [4.78, 5) is 10.4. The first-order chi connectivity index (χ1) is 6.20. The molecule has 0 spiro atoms. The lowest BCUT2D eigenvalue weighted by molar-refractivity contribution is -0.122. The van der Waals surface area contributed by atoms with Crippen LogP contribution < -0.4 is 5.32 Å². The maximum Gasteiger partial charge on any atom is 0.219 e. The van der Waals surface area contributed by atoms with Crippen molar-refractivity contribution >= 4 is 5.91 Å². The molecule has 0 aromatic heterocycles. The summed E-state index contributed by atoms with van der Waals surface area (Å²) >= 11 is 0. The molecule has 1 amide bonds. The van der Waals surface area contributed by atoms with Crippen LogP contribution in [-0.4, -0.2) is 47.1 Å². The molecule has 0 atom stereocenters. The standard InChI is InChI=1S/C5H9NO.C3H8O3/c7-5-3-1-2-4-6-5;4-1-3(6)2-5/h1-4H2,(H,6,7);3-6H,1-2H2. The van der Waals surface area contributed by atoms with Gasteiger partial charge in [0, 0.05) is 13.0 Å². The maximum atomic E-state index is 10.4. The first-order valence-corrected chi connectivity index (χ1v) is 4.37. The van der Waals surface area contributed by atoms with E-state index in [2.05, 4.69) is 5.32 Å². The number of nitrogens with one attached hydrogen (secondary N) is 1. The lowest BCUT2D eigenvalue weighted by Gasteiger charge is -2.08. The first-order valence-electron chi connectivity index (χ1n) is 4.37. The first kappa shape index (κ1) is 12.3. The molecule has 0 radical (unpaired) electrons. The fraction of sp³-hybridized carbons (Fsp3) is 0.875. The average Bonchev–Trinajstić information content (AvgIpc) is 2.19. The third-order valence-electron chi connectivity index (χ3n) is 1.57. The van der Waals surface area contributed by atoms with Gasteiger partial charge in [0.2, 0.25) is 5.91 Å².